The highest BCUT2D eigenvalue weighted by Gasteiger charge is 2.64. The first-order valence-corrected chi connectivity index (χ1v) is 33.2. The topological polar surface area (TPSA) is 348 Å². The number of nitrogens with one attached hydrogen (secondary N) is 1. The van der Waals surface area contributed by atoms with Gasteiger partial charge in [-0.3, -0.25) is 14.9 Å². The number of aliphatic hydroxyl groups excluding tert-OH is 6. The van der Waals surface area contributed by atoms with Crippen molar-refractivity contribution in [3.05, 3.63) is 68.5 Å². The highest BCUT2D eigenvalue weighted by Crippen LogP contribution is 2.61. The molecule has 7 fully saturated rings. The molecule has 0 radical (unpaired) electrons. The zero-order valence-corrected chi connectivity index (χ0v) is 55.9. The zero-order valence-electron chi connectivity index (χ0n) is 55.9. The fraction of sp³-hybridized carbons (Fsp3) is 0.806. The van der Waals surface area contributed by atoms with Gasteiger partial charge >= 0.3 is 12.1 Å². The van der Waals surface area contributed by atoms with Gasteiger partial charge in [0.25, 0.3) is 0 Å². The molecule has 4 aliphatic carbocycles. The van der Waals surface area contributed by atoms with Gasteiger partial charge in [0, 0.05) is 74.2 Å². The van der Waals surface area contributed by atoms with Crippen molar-refractivity contribution in [1.29, 1.82) is 0 Å². The molecule has 1 saturated carbocycles. The number of hydrogen-bond acceptors (Lipinski definition) is 24. The third-order valence-electron chi connectivity index (χ3n) is 22.3. The normalized spacial score (nSPS) is 48.6. The van der Waals surface area contributed by atoms with E-state index in [2.05, 4.69) is 25.2 Å². The van der Waals surface area contributed by atoms with Crippen molar-refractivity contribution >= 4 is 17.8 Å². The zero-order chi connectivity index (χ0) is 67.7. The number of nitrogens with zero attached hydrogens (tertiary/aromatic N) is 1. The standard InChI is InChI=1S/C67H100N2O24/c1-29-15-18-45(88-52-27-65(11,69(79)80)60(38(10)87-52)68-64(78)82-14)30(2)20-40-21-39(28-70)33(5)26-67(40)62(76)53(63(77)93-67)61(75)66(12)42(29)17-16-41-54(66)31(3)19-32(4)57(41)91-51-24-46(56(74)35(7)84-51)89-50-25-47(90-48-22-43(71)55(73)34(6)83-48)59(37(9)86-50)92-49-23-44(72)58(81-13)36(8)85-49/h15-17,20-21,31-38,40-52,54-60,70-75H,18-19,22-28H2,1-14H3,(H,68,78)/b29-15-,30-20?,61-53?/t31-,32-,33+,34-,35-,36-,37-,38+,40+,41-,42-,43+,44+,45-,46+,47+,48-,49+,50-,51-,52-,54+,55-,56-,57-,58-,59-,60-,65-,66+,67?/m0/s1. The summed E-state index contributed by atoms with van der Waals surface area (Å²) in [7, 11) is 2.66. The Balaban J connectivity index is 0.943. The number of methoxy groups -OCH3 is 2. The summed E-state index contributed by atoms with van der Waals surface area (Å²) in [5.41, 5.74) is -3.49. The minimum Gasteiger partial charge on any atom is -0.511 e. The van der Waals surface area contributed by atoms with Gasteiger partial charge in [0.2, 0.25) is 11.3 Å². The minimum atomic E-state index is -1.84. The first kappa shape index (κ1) is 71.4. The molecular weight excluding hydrogens is 1220 g/mol. The van der Waals surface area contributed by atoms with Gasteiger partial charge in [0.05, 0.1) is 87.3 Å². The maximum absolute atomic E-state index is 15.7. The molecule has 0 aromatic heterocycles. The van der Waals surface area contributed by atoms with E-state index in [4.69, 9.17) is 61.6 Å². The van der Waals surface area contributed by atoms with Crippen LogP contribution in [0, 0.1) is 57.0 Å². The Morgan fingerprint density at radius 1 is 0.688 bits per heavy atom. The van der Waals surface area contributed by atoms with Crippen LogP contribution in [-0.4, -0.2) is 214 Å². The highest BCUT2D eigenvalue weighted by atomic mass is 16.8. The number of ketones is 1. The number of amides is 1. The Morgan fingerprint density at radius 3 is 1.92 bits per heavy atom. The average Bonchev–Trinajstić information content (AvgIpc) is 1.70. The second-order valence-electron chi connectivity index (χ2n) is 28.6. The largest absolute Gasteiger partial charge is 0.511 e. The summed E-state index contributed by atoms with van der Waals surface area (Å²) in [6.07, 6.45) is -8.05. The predicted octanol–water partition coefficient (Wildman–Crippen LogP) is 5.45. The number of hydrogen-bond donors (Lipinski definition) is 7. The lowest BCUT2D eigenvalue weighted by molar-refractivity contribution is -0.584. The molecule has 10 rings (SSSR count). The minimum absolute atomic E-state index is 0.00999. The van der Waals surface area contributed by atoms with Crippen LogP contribution in [0.5, 0.6) is 0 Å². The van der Waals surface area contributed by atoms with Gasteiger partial charge < -0.3 is 97.5 Å². The lowest BCUT2D eigenvalue weighted by Crippen LogP contribution is -2.65. The van der Waals surface area contributed by atoms with Gasteiger partial charge in [-0.25, -0.2) is 9.59 Å². The van der Waals surface area contributed by atoms with Crippen LogP contribution in [0.3, 0.4) is 0 Å². The molecule has 10 aliphatic rings. The summed E-state index contributed by atoms with van der Waals surface area (Å²) >= 11 is 0. The van der Waals surface area contributed by atoms with Crippen molar-refractivity contribution < 1.29 is 112 Å². The molecule has 31 atom stereocenters. The second kappa shape index (κ2) is 28.3. The number of carbonyl (C=O) groups is 3. The Kier molecular flexibility index (Phi) is 21.7. The van der Waals surface area contributed by atoms with Crippen molar-refractivity contribution in [3.8, 4) is 0 Å². The molecule has 6 heterocycles. The Bertz CT molecular complexity index is 2880. The number of fused-ring (bicyclic) bond motifs is 4. The summed E-state index contributed by atoms with van der Waals surface area (Å²) in [5, 5.41) is 83.6. The molecule has 0 aromatic rings. The van der Waals surface area contributed by atoms with Gasteiger partial charge in [0.1, 0.15) is 41.8 Å². The lowest BCUT2D eigenvalue weighted by atomic mass is 9.49. The van der Waals surface area contributed by atoms with E-state index in [0.717, 1.165) is 12.7 Å². The maximum atomic E-state index is 15.7. The van der Waals surface area contributed by atoms with Crippen LogP contribution in [0.1, 0.15) is 134 Å². The fourth-order valence-corrected chi connectivity index (χ4v) is 17.2. The van der Waals surface area contributed by atoms with Crippen molar-refractivity contribution in [2.24, 2.45) is 46.8 Å². The molecule has 0 aromatic carbocycles. The molecule has 1 unspecified atom stereocenters. The van der Waals surface area contributed by atoms with E-state index in [0.29, 0.717) is 17.6 Å². The fourth-order valence-electron chi connectivity index (χ4n) is 17.2. The molecule has 1 spiro atoms. The molecular formula is C67H100N2O24. The van der Waals surface area contributed by atoms with Crippen molar-refractivity contribution in [2.75, 3.05) is 20.8 Å². The molecule has 26 heteroatoms. The number of esters is 1. The quantitative estimate of drug-likeness (QED) is 0.0373. The van der Waals surface area contributed by atoms with Crippen molar-refractivity contribution in [3.63, 3.8) is 0 Å². The smallest absolute Gasteiger partial charge is 0.407 e. The Labute approximate surface area is 543 Å². The third kappa shape index (κ3) is 13.7. The molecule has 7 N–H and O–H groups in total. The first-order chi connectivity index (χ1) is 43.9. The number of ether oxygens (including phenoxy) is 13. The van der Waals surface area contributed by atoms with Crippen LogP contribution >= 0.6 is 0 Å². The number of Topliss-reactive ketones (excluding diaryl/α,β-unsaturated/α-hetero) is 1. The summed E-state index contributed by atoms with van der Waals surface area (Å²) in [4.78, 5) is 55.4. The van der Waals surface area contributed by atoms with Crippen LogP contribution in [0.15, 0.2) is 58.4 Å². The van der Waals surface area contributed by atoms with Crippen molar-refractivity contribution in [2.45, 2.75) is 275 Å². The number of nitro groups is 1. The SMILES string of the molecule is COC(=O)N[C@H]1[C@@H](C)O[C@@H](O[C@H]2C/C=C(/C)[C@@H]3C=C[C@@H]4[C@@H](O[C@H]5C[C@@H](O[C@H]6C[C@@H](O[C@H]7C[C@@H](O)[C@@H](O)[C@H](C)O7)[C@@H](O[C@@H]7C[C@@H](O)[C@@H](OC)[C@H](C)O7)[C@H](C)O6)[C@@H](O)[C@H](C)O5)[C@@H](C)C[C@H](C)[C@H]4[C@]3(C)C(O)=C3C(=O)OC4(C[C@@H](C)C(CO)=C[C@H]4C=C2C)C3=O)C[C@]1(C)[N+](=O)[O-]. The summed E-state index contributed by atoms with van der Waals surface area (Å²) in [5.74, 6) is -5.33. The molecule has 6 aliphatic heterocycles. The monoisotopic (exact) mass is 1320 g/mol. The number of rotatable bonds is 14. The predicted molar refractivity (Wildman–Crippen MR) is 327 cm³/mol. The number of allylic oxidation sites excluding steroid dienone is 3. The van der Waals surface area contributed by atoms with Crippen molar-refractivity contribution in [1.82, 2.24) is 5.32 Å². The molecule has 1 amide bonds. The molecule has 93 heavy (non-hydrogen) atoms. The Hall–Kier alpha value is -4.33. The molecule has 522 valence electrons. The van der Waals surface area contributed by atoms with Crippen LogP contribution in [0.25, 0.3) is 0 Å². The van der Waals surface area contributed by atoms with Gasteiger partial charge in [-0.15, -0.1) is 0 Å². The van der Waals surface area contributed by atoms with E-state index >= 15 is 4.79 Å². The second-order valence-corrected chi connectivity index (χ2v) is 28.6. The highest BCUT2D eigenvalue weighted by molar-refractivity contribution is 6.26. The third-order valence-corrected chi connectivity index (χ3v) is 22.3. The molecule has 6 saturated heterocycles. The number of carbonyl (C=O) groups excluding carboxylic acids is 3. The van der Waals surface area contributed by atoms with Crippen LogP contribution < -0.4 is 5.32 Å². The van der Waals surface area contributed by atoms with Gasteiger partial charge in [-0.05, 0) is 96.1 Å². The van der Waals surface area contributed by atoms with Gasteiger partial charge in [0.15, 0.2) is 37.1 Å². The van der Waals surface area contributed by atoms with E-state index < -0.39 is 209 Å². The molecule has 2 bridgehead atoms. The Morgan fingerprint density at radius 2 is 1.28 bits per heavy atom. The van der Waals surface area contributed by atoms with Crippen LogP contribution in [-0.2, 0) is 71.2 Å². The van der Waals surface area contributed by atoms with E-state index in [1.165, 1.54) is 14.0 Å². The number of alkyl carbamates (subject to hydrolysis) is 1. The molecule has 26 nitrogen and oxygen atoms in total. The summed E-state index contributed by atoms with van der Waals surface area (Å²) in [6.45, 7) is 21.2. The van der Waals surface area contributed by atoms with Crippen LogP contribution in [0.4, 0.5) is 4.79 Å². The first-order valence-electron chi connectivity index (χ1n) is 33.2. The number of aliphatic hydroxyl groups is 6. The van der Waals surface area contributed by atoms with Crippen LogP contribution in [0.2, 0.25) is 0 Å². The summed E-state index contributed by atoms with van der Waals surface area (Å²) < 4.78 is 82.0. The summed E-state index contributed by atoms with van der Waals surface area (Å²) in [6, 6.07) is -1.09. The van der Waals surface area contributed by atoms with E-state index in [-0.39, 0.29) is 63.4 Å². The van der Waals surface area contributed by atoms with E-state index in [1.54, 1.807) is 53.7 Å². The average molecular weight is 1320 g/mol. The van der Waals surface area contributed by atoms with Gasteiger partial charge in [-0.1, -0.05) is 63.6 Å². The maximum Gasteiger partial charge on any atom is 0.407 e. The van der Waals surface area contributed by atoms with E-state index in [1.807, 2.05) is 32.9 Å². The van der Waals surface area contributed by atoms with E-state index in [9.17, 15) is 50.3 Å². The lowest BCUT2D eigenvalue weighted by Gasteiger charge is -2.56. The van der Waals surface area contributed by atoms with Gasteiger partial charge in [-0.2, -0.15) is 0 Å².